The van der Waals surface area contributed by atoms with Gasteiger partial charge >= 0.3 is 6.09 Å². The highest BCUT2D eigenvalue weighted by Gasteiger charge is 2.44. The van der Waals surface area contributed by atoms with Gasteiger partial charge in [-0.3, -0.25) is 9.59 Å². The van der Waals surface area contributed by atoms with Gasteiger partial charge in [-0.25, -0.2) is 4.79 Å². The molecule has 0 saturated carbocycles. The highest BCUT2D eigenvalue weighted by atomic mass is 16.5. The van der Waals surface area contributed by atoms with Crippen molar-refractivity contribution in [2.24, 2.45) is 0 Å². The normalized spacial score (nSPS) is 22.1. The van der Waals surface area contributed by atoms with E-state index in [1.54, 1.807) is 42.0 Å². The quantitative estimate of drug-likeness (QED) is 0.510. The molecule has 2 N–H and O–H groups in total. The maximum atomic E-state index is 13.7. The first-order valence-electron chi connectivity index (χ1n) is 12.2. The number of fused-ring (bicyclic) bond motifs is 1. The summed E-state index contributed by atoms with van der Waals surface area (Å²) in [6.45, 7) is 6.61. The number of hydrogen-bond donors (Lipinski definition) is 2. The van der Waals surface area contributed by atoms with Crippen LogP contribution in [0.1, 0.15) is 56.8 Å². The number of hydrogen-bond acceptors (Lipinski definition) is 6. The number of amides is 3. The van der Waals surface area contributed by atoms with Gasteiger partial charge in [-0.2, -0.15) is 0 Å². The zero-order chi connectivity index (χ0) is 25.8. The summed E-state index contributed by atoms with van der Waals surface area (Å²) in [4.78, 5) is 43.1. The number of likely N-dealkylation sites (tertiary alicyclic amines) is 1. The van der Waals surface area contributed by atoms with E-state index in [9.17, 15) is 24.6 Å². The SMILES string of the molecule is COCCCCN1C(=O)C(C)(CO)Oc2ccc(C(=O)N(C(C)C)[C@@H]3CCCN(C(=O)O)C3)cc21. The Morgan fingerprint density at radius 3 is 2.69 bits per heavy atom. The molecule has 0 aromatic heterocycles. The van der Waals surface area contributed by atoms with Gasteiger partial charge in [0.1, 0.15) is 5.75 Å². The highest BCUT2D eigenvalue weighted by molar-refractivity contribution is 6.04. The van der Waals surface area contributed by atoms with Crippen molar-refractivity contribution in [1.82, 2.24) is 9.80 Å². The number of benzene rings is 1. The molecule has 1 aromatic carbocycles. The summed E-state index contributed by atoms with van der Waals surface area (Å²) in [6, 6.07) is 4.61. The number of unbranched alkanes of at least 4 members (excludes halogenated alkanes) is 1. The number of carboxylic acid groups (broad SMARTS) is 1. The van der Waals surface area contributed by atoms with Crippen LogP contribution in [-0.2, 0) is 9.53 Å². The minimum Gasteiger partial charge on any atom is -0.473 e. The first-order valence-corrected chi connectivity index (χ1v) is 12.2. The number of piperidine rings is 1. The fraction of sp³-hybridized carbons (Fsp3) is 0.640. The average molecular weight is 492 g/mol. The molecule has 0 aliphatic carbocycles. The van der Waals surface area contributed by atoms with E-state index in [-0.39, 0.29) is 30.4 Å². The number of anilines is 1. The van der Waals surface area contributed by atoms with Gasteiger partial charge in [-0.15, -0.1) is 0 Å². The maximum absolute atomic E-state index is 13.7. The Balaban J connectivity index is 1.91. The van der Waals surface area contributed by atoms with Crippen LogP contribution < -0.4 is 9.64 Å². The molecule has 2 aliphatic heterocycles. The molecule has 1 fully saturated rings. The van der Waals surface area contributed by atoms with Gasteiger partial charge in [0, 0.05) is 45.0 Å². The highest BCUT2D eigenvalue weighted by Crippen LogP contribution is 2.39. The maximum Gasteiger partial charge on any atom is 0.407 e. The molecule has 3 rings (SSSR count). The smallest absolute Gasteiger partial charge is 0.407 e. The molecule has 10 heteroatoms. The van der Waals surface area contributed by atoms with Gasteiger partial charge in [0.05, 0.1) is 18.3 Å². The van der Waals surface area contributed by atoms with Gasteiger partial charge in [-0.05, 0) is 64.7 Å². The minimum absolute atomic E-state index is 0.141. The predicted molar refractivity (Wildman–Crippen MR) is 130 cm³/mol. The lowest BCUT2D eigenvalue weighted by atomic mass is 9.99. The summed E-state index contributed by atoms with van der Waals surface area (Å²) in [5.41, 5.74) is -0.508. The number of carbonyl (C=O) groups is 3. The molecule has 10 nitrogen and oxygen atoms in total. The number of aliphatic hydroxyl groups excluding tert-OH is 1. The number of nitrogens with zero attached hydrogens (tertiary/aromatic N) is 3. The third-order valence-corrected chi connectivity index (χ3v) is 6.66. The van der Waals surface area contributed by atoms with Gasteiger partial charge in [0.25, 0.3) is 11.8 Å². The molecule has 2 atom stereocenters. The summed E-state index contributed by atoms with van der Waals surface area (Å²) < 4.78 is 11.0. The Kier molecular flexibility index (Phi) is 8.60. The number of methoxy groups -OCH3 is 1. The van der Waals surface area contributed by atoms with Crippen molar-refractivity contribution < 1.29 is 34.1 Å². The van der Waals surface area contributed by atoms with Crippen LogP contribution in [0.5, 0.6) is 5.75 Å². The number of ether oxygens (including phenoxy) is 2. The van der Waals surface area contributed by atoms with Crippen LogP contribution in [0.15, 0.2) is 18.2 Å². The van der Waals surface area contributed by atoms with Crippen molar-refractivity contribution in [3.63, 3.8) is 0 Å². The van der Waals surface area contributed by atoms with E-state index in [0.29, 0.717) is 49.5 Å². The van der Waals surface area contributed by atoms with E-state index in [1.807, 2.05) is 13.8 Å². The van der Waals surface area contributed by atoms with Crippen LogP contribution in [0.2, 0.25) is 0 Å². The zero-order valence-corrected chi connectivity index (χ0v) is 21.0. The van der Waals surface area contributed by atoms with Crippen LogP contribution in [0, 0.1) is 0 Å². The van der Waals surface area contributed by atoms with E-state index in [4.69, 9.17) is 9.47 Å². The standard InChI is InChI=1S/C25H37N3O7/c1-17(2)28(19-8-7-11-26(15-19)24(32)33)22(30)18-9-10-21-20(14-18)27(12-5-6-13-34-4)23(31)25(3,16-29)35-21/h9-10,14,17,19,29H,5-8,11-13,15-16H2,1-4H3,(H,32,33)/t19-,25?/m1/s1. The van der Waals surface area contributed by atoms with E-state index >= 15 is 0 Å². The molecule has 2 heterocycles. The Morgan fingerprint density at radius 1 is 1.31 bits per heavy atom. The van der Waals surface area contributed by atoms with Crippen LogP contribution in [-0.4, -0.2) is 95.6 Å². The lowest BCUT2D eigenvalue weighted by Gasteiger charge is -2.41. The molecule has 1 aromatic rings. The monoisotopic (exact) mass is 491 g/mol. The Bertz CT molecular complexity index is 938. The molecule has 0 bridgehead atoms. The van der Waals surface area contributed by atoms with Crippen molar-refractivity contribution in [2.45, 2.75) is 64.1 Å². The molecule has 35 heavy (non-hydrogen) atoms. The summed E-state index contributed by atoms with van der Waals surface area (Å²) >= 11 is 0. The lowest BCUT2D eigenvalue weighted by molar-refractivity contribution is -0.137. The first kappa shape index (κ1) is 26.7. The van der Waals surface area contributed by atoms with E-state index in [1.165, 1.54) is 4.90 Å². The van der Waals surface area contributed by atoms with Gasteiger partial charge < -0.3 is 34.4 Å². The third kappa shape index (κ3) is 5.70. The van der Waals surface area contributed by atoms with Gasteiger partial charge in [-0.1, -0.05) is 0 Å². The summed E-state index contributed by atoms with van der Waals surface area (Å²) in [5, 5.41) is 19.3. The Morgan fingerprint density at radius 2 is 2.06 bits per heavy atom. The van der Waals surface area contributed by atoms with E-state index < -0.39 is 18.3 Å². The van der Waals surface area contributed by atoms with Gasteiger partial charge in [0.2, 0.25) is 5.60 Å². The van der Waals surface area contributed by atoms with Crippen LogP contribution >= 0.6 is 0 Å². The van der Waals surface area contributed by atoms with Crippen molar-refractivity contribution >= 4 is 23.6 Å². The summed E-state index contributed by atoms with van der Waals surface area (Å²) in [7, 11) is 1.62. The number of carbonyl (C=O) groups excluding carboxylic acids is 2. The fourth-order valence-corrected chi connectivity index (χ4v) is 4.79. The molecule has 0 radical (unpaired) electrons. The molecule has 194 valence electrons. The molecular formula is C25H37N3O7. The molecular weight excluding hydrogens is 454 g/mol. The Hall–Kier alpha value is -2.85. The second-order valence-electron chi connectivity index (χ2n) is 9.66. The minimum atomic E-state index is -1.40. The van der Waals surface area contributed by atoms with Crippen LogP contribution in [0.3, 0.4) is 0 Å². The van der Waals surface area contributed by atoms with Crippen LogP contribution in [0.4, 0.5) is 10.5 Å². The largest absolute Gasteiger partial charge is 0.473 e. The van der Waals surface area contributed by atoms with Crippen LogP contribution in [0.25, 0.3) is 0 Å². The third-order valence-electron chi connectivity index (χ3n) is 6.66. The second kappa shape index (κ2) is 11.3. The molecule has 0 spiro atoms. The zero-order valence-electron chi connectivity index (χ0n) is 21.0. The van der Waals surface area contributed by atoms with E-state index in [2.05, 4.69) is 0 Å². The van der Waals surface area contributed by atoms with Crippen molar-refractivity contribution in [2.75, 3.05) is 44.9 Å². The number of rotatable bonds is 9. The average Bonchev–Trinajstić information content (AvgIpc) is 2.83. The predicted octanol–water partition coefficient (Wildman–Crippen LogP) is 2.58. The fourth-order valence-electron chi connectivity index (χ4n) is 4.79. The van der Waals surface area contributed by atoms with E-state index in [0.717, 1.165) is 12.8 Å². The molecule has 3 amide bonds. The number of aliphatic hydroxyl groups is 1. The lowest BCUT2D eigenvalue weighted by Crippen LogP contribution is -2.57. The molecule has 1 unspecified atom stereocenters. The van der Waals surface area contributed by atoms with Crippen molar-refractivity contribution in [3.8, 4) is 5.75 Å². The van der Waals surface area contributed by atoms with Crippen molar-refractivity contribution in [1.29, 1.82) is 0 Å². The summed E-state index contributed by atoms with van der Waals surface area (Å²) in [6.07, 6.45) is 1.87. The Labute approximate surface area is 206 Å². The van der Waals surface area contributed by atoms with Gasteiger partial charge in [0.15, 0.2) is 0 Å². The second-order valence-corrected chi connectivity index (χ2v) is 9.66. The first-order chi connectivity index (χ1) is 16.6. The molecule has 2 aliphatic rings. The topological polar surface area (TPSA) is 120 Å². The van der Waals surface area contributed by atoms with Crippen molar-refractivity contribution in [3.05, 3.63) is 23.8 Å². The molecule has 1 saturated heterocycles. The summed E-state index contributed by atoms with van der Waals surface area (Å²) in [5.74, 6) is -0.155.